The summed E-state index contributed by atoms with van der Waals surface area (Å²) in [6.45, 7) is 4.00. The van der Waals surface area contributed by atoms with Gasteiger partial charge in [0.2, 0.25) is 11.9 Å². The van der Waals surface area contributed by atoms with Gasteiger partial charge in [-0.05, 0) is 43.2 Å². The molecule has 0 bridgehead atoms. The maximum absolute atomic E-state index is 12.5. The number of carbonyl (C=O) groups is 1. The van der Waals surface area contributed by atoms with Crippen LogP contribution in [-0.4, -0.2) is 33.7 Å². The van der Waals surface area contributed by atoms with Crippen molar-refractivity contribution < 1.29 is 9.37 Å². The van der Waals surface area contributed by atoms with E-state index >= 15 is 0 Å². The Hall–Kier alpha value is -3.54. The Balaban J connectivity index is 1.46. The summed E-state index contributed by atoms with van der Waals surface area (Å²) in [5.74, 6) is -0.167. The van der Waals surface area contributed by atoms with Gasteiger partial charge in [-0.3, -0.25) is 9.78 Å². The van der Waals surface area contributed by atoms with E-state index in [2.05, 4.69) is 38.2 Å². The highest BCUT2D eigenvalue weighted by Crippen LogP contribution is 2.28. The number of nitrogens with one attached hydrogen (secondary N) is 2. The van der Waals surface area contributed by atoms with Crippen molar-refractivity contribution in [3.05, 3.63) is 77.4 Å². The van der Waals surface area contributed by atoms with Crippen LogP contribution in [0.5, 0.6) is 0 Å². The van der Waals surface area contributed by atoms with Crippen LogP contribution in [0.3, 0.4) is 0 Å². The van der Waals surface area contributed by atoms with Gasteiger partial charge in [0.05, 0.1) is 17.4 Å². The van der Waals surface area contributed by atoms with Crippen molar-refractivity contribution in [1.82, 2.24) is 9.97 Å². The van der Waals surface area contributed by atoms with Crippen LogP contribution in [0, 0.1) is 6.92 Å². The molecule has 1 aliphatic heterocycles. The second kappa shape index (κ2) is 7.23. The Bertz CT molecular complexity index is 1090. The van der Waals surface area contributed by atoms with Crippen molar-refractivity contribution in [2.24, 2.45) is 0 Å². The second-order valence-corrected chi connectivity index (χ2v) is 7.06. The normalized spacial score (nSPS) is 13.0. The number of carbonyl (C=O) groups excluding carboxylic acids is 1. The number of amides is 1. The lowest BCUT2D eigenvalue weighted by molar-refractivity contribution is -0.412. The molecule has 0 fully saturated rings. The number of aromatic nitrogens is 2. The molecule has 3 aromatic rings. The van der Waals surface area contributed by atoms with E-state index in [0.29, 0.717) is 5.56 Å². The molecule has 2 N–H and O–H groups in total. The molecule has 28 heavy (non-hydrogen) atoms. The van der Waals surface area contributed by atoms with Crippen LogP contribution in [0.1, 0.15) is 40.1 Å². The number of anilines is 2. The number of rotatable bonds is 5. The first-order chi connectivity index (χ1) is 13.5. The molecule has 0 radical (unpaired) electrons. The summed E-state index contributed by atoms with van der Waals surface area (Å²) >= 11 is 0. The fraction of sp³-hybridized carbons (Fsp3) is 0.182. The molecule has 0 saturated heterocycles. The molecule has 140 valence electrons. The highest BCUT2D eigenvalue weighted by atomic mass is 16.1. The van der Waals surface area contributed by atoms with Gasteiger partial charge in [0.1, 0.15) is 7.05 Å². The first-order valence-electron chi connectivity index (χ1n) is 9.17. The van der Waals surface area contributed by atoms with E-state index in [1.807, 2.05) is 56.7 Å². The van der Waals surface area contributed by atoms with Crippen LogP contribution in [-0.2, 0) is 0 Å². The number of hydrogen-bond donors (Lipinski definition) is 2. The van der Waals surface area contributed by atoms with E-state index in [1.54, 1.807) is 12.4 Å². The van der Waals surface area contributed by atoms with Crippen molar-refractivity contribution in [3.8, 4) is 0 Å². The van der Waals surface area contributed by atoms with Gasteiger partial charge in [-0.2, -0.15) is 4.58 Å². The fourth-order valence-electron chi connectivity index (χ4n) is 3.21. The predicted octanol–water partition coefficient (Wildman–Crippen LogP) is 3.92. The number of hydrogen-bond acceptors (Lipinski definition) is 4. The molecule has 1 atom stereocenters. The first kappa shape index (κ1) is 17.9. The zero-order chi connectivity index (χ0) is 19.7. The summed E-state index contributed by atoms with van der Waals surface area (Å²) in [7, 11) is 2.01. The van der Waals surface area contributed by atoms with E-state index in [1.165, 1.54) is 0 Å². The lowest BCUT2D eigenvalue weighted by atomic mass is 10.1. The van der Waals surface area contributed by atoms with Gasteiger partial charge < -0.3 is 10.6 Å². The Morgan fingerprint density at radius 3 is 2.75 bits per heavy atom. The minimum atomic E-state index is -0.167. The molecule has 3 heterocycles. The topological polar surface area (TPSA) is 69.9 Å². The van der Waals surface area contributed by atoms with Gasteiger partial charge in [-0.1, -0.05) is 12.1 Å². The summed E-state index contributed by atoms with van der Waals surface area (Å²) < 4.78 is 2.05. The predicted molar refractivity (Wildman–Crippen MR) is 111 cm³/mol. The lowest BCUT2D eigenvalue weighted by Gasteiger charge is -2.18. The average molecular weight is 372 g/mol. The van der Waals surface area contributed by atoms with Gasteiger partial charge in [-0.25, -0.2) is 4.98 Å². The Kier molecular flexibility index (Phi) is 4.61. The van der Waals surface area contributed by atoms with Crippen LogP contribution < -0.4 is 10.6 Å². The molecule has 1 aliphatic rings. The first-order valence-corrected chi connectivity index (χ1v) is 9.17. The van der Waals surface area contributed by atoms with Gasteiger partial charge in [0, 0.05) is 30.2 Å². The minimum absolute atomic E-state index is 0.0618. The molecule has 6 heteroatoms. The fourth-order valence-corrected chi connectivity index (χ4v) is 3.21. The van der Waals surface area contributed by atoms with Crippen LogP contribution >= 0.6 is 0 Å². The third-order valence-corrected chi connectivity index (χ3v) is 4.76. The zero-order valence-corrected chi connectivity index (χ0v) is 16.1. The number of nitrogens with zero attached hydrogens (tertiary/aromatic N) is 3. The van der Waals surface area contributed by atoms with Gasteiger partial charge in [0.15, 0.2) is 5.69 Å². The molecule has 6 nitrogen and oxygen atoms in total. The molecule has 0 spiro atoms. The summed E-state index contributed by atoms with van der Waals surface area (Å²) in [6, 6.07) is 11.8. The maximum atomic E-state index is 12.5. The van der Waals surface area contributed by atoms with Gasteiger partial charge in [-0.15, -0.1) is 0 Å². The Labute approximate surface area is 164 Å². The van der Waals surface area contributed by atoms with E-state index in [-0.39, 0.29) is 11.9 Å². The van der Waals surface area contributed by atoms with E-state index < -0.39 is 0 Å². The van der Waals surface area contributed by atoms with Crippen LogP contribution in [0.4, 0.5) is 17.1 Å². The Morgan fingerprint density at radius 1 is 1.11 bits per heavy atom. The third kappa shape index (κ3) is 3.62. The standard InChI is InChI=1S/C22H21N5O/c1-14-7-17(11-23-10-14)22(28)26-18-6-4-5-16(8-18)15(2)25-19-9-21-20(24-12-19)13-27(21)3/h4-13,15H,1-3H3,(H,26,28)/p+1. The number of aryl methyl sites for hydroxylation is 1. The van der Waals surface area contributed by atoms with Crippen molar-refractivity contribution in [3.63, 3.8) is 0 Å². The van der Waals surface area contributed by atoms with Crippen molar-refractivity contribution in [2.45, 2.75) is 19.9 Å². The van der Waals surface area contributed by atoms with E-state index in [0.717, 1.165) is 33.9 Å². The highest BCUT2D eigenvalue weighted by Gasteiger charge is 2.23. The third-order valence-electron chi connectivity index (χ3n) is 4.76. The molecule has 0 aliphatic carbocycles. The van der Waals surface area contributed by atoms with Crippen LogP contribution in [0.2, 0.25) is 0 Å². The number of pyridine rings is 2. The van der Waals surface area contributed by atoms with Crippen molar-refractivity contribution >= 4 is 29.2 Å². The summed E-state index contributed by atoms with van der Waals surface area (Å²) in [6.07, 6.45) is 7.14. The maximum Gasteiger partial charge on any atom is 0.257 e. The van der Waals surface area contributed by atoms with Crippen LogP contribution in [0.25, 0.3) is 0 Å². The van der Waals surface area contributed by atoms with E-state index in [9.17, 15) is 4.79 Å². The minimum Gasteiger partial charge on any atom is -0.377 e. The second-order valence-electron chi connectivity index (χ2n) is 7.06. The monoisotopic (exact) mass is 372 g/mol. The molecule has 2 aromatic heterocycles. The molecule has 4 rings (SSSR count). The summed E-state index contributed by atoms with van der Waals surface area (Å²) in [5.41, 5.74) is 6.41. The lowest BCUT2D eigenvalue weighted by Crippen LogP contribution is -2.17. The quantitative estimate of drug-likeness (QED) is 0.666. The Morgan fingerprint density at radius 2 is 1.96 bits per heavy atom. The smallest absolute Gasteiger partial charge is 0.257 e. The number of benzene rings is 1. The van der Waals surface area contributed by atoms with Gasteiger partial charge >= 0.3 is 0 Å². The molecule has 1 amide bonds. The molecule has 1 aromatic carbocycles. The van der Waals surface area contributed by atoms with Crippen molar-refractivity contribution in [1.29, 1.82) is 0 Å². The number of fused-ring (bicyclic) bond motifs is 1. The summed E-state index contributed by atoms with van der Waals surface area (Å²) in [4.78, 5) is 21.0. The van der Waals surface area contributed by atoms with Crippen molar-refractivity contribution in [2.75, 3.05) is 17.7 Å². The molecule has 1 unspecified atom stereocenters. The molecular weight excluding hydrogens is 350 g/mol. The molecular formula is C22H22N5O+. The largest absolute Gasteiger partial charge is 0.377 e. The summed E-state index contributed by atoms with van der Waals surface area (Å²) in [5, 5.41) is 6.42. The molecule has 0 saturated carbocycles. The SMILES string of the molecule is Cc1cncc(C(=O)Nc2cccc(C(C)Nc3cnc4c(c3)[N+](C)=C4)c2)c1. The zero-order valence-electron chi connectivity index (χ0n) is 16.1. The highest BCUT2D eigenvalue weighted by molar-refractivity contribution is 6.04. The van der Waals surface area contributed by atoms with Gasteiger partial charge in [0.25, 0.3) is 5.91 Å². The van der Waals surface area contributed by atoms with Crippen LogP contribution in [0.15, 0.2) is 55.0 Å². The average Bonchev–Trinajstić information content (AvgIpc) is 2.68. The van der Waals surface area contributed by atoms with E-state index in [4.69, 9.17) is 0 Å².